The molecule has 5 heteroatoms. The van der Waals surface area contributed by atoms with Gasteiger partial charge in [-0.3, -0.25) is 0 Å². The molecule has 1 atom stereocenters. The van der Waals surface area contributed by atoms with E-state index in [1.165, 1.54) is 0 Å². The number of aliphatic hydroxyl groups is 1. The van der Waals surface area contributed by atoms with Crippen molar-refractivity contribution in [1.29, 1.82) is 0 Å². The number of benzene rings is 2. The van der Waals surface area contributed by atoms with Crippen LogP contribution >= 0.6 is 0 Å². The van der Waals surface area contributed by atoms with E-state index in [-0.39, 0.29) is 24.9 Å². The average Bonchev–Trinajstić information content (AvgIpc) is 2.53. The van der Waals surface area contributed by atoms with Gasteiger partial charge in [0.1, 0.15) is 0 Å². The SMILES string of the molecule is O=S(=O)(CCNC(CO)c1ccccc1)c1ccccc1. The third kappa shape index (κ3) is 4.39. The molecule has 4 nitrogen and oxygen atoms in total. The zero-order valence-corrected chi connectivity index (χ0v) is 12.5. The summed E-state index contributed by atoms with van der Waals surface area (Å²) in [4.78, 5) is 0.326. The Kier molecular flexibility index (Phi) is 5.50. The van der Waals surface area contributed by atoms with E-state index < -0.39 is 9.84 Å². The summed E-state index contributed by atoms with van der Waals surface area (Å²) in [5, 5.41) is 12.5. The predicted octanol–water partition coefficient (Wildman–Crippen LogP) is 1.78. The maximum Gasteiger partial charge on any atom is 0.179 e. The van der Waals surface area contributed by atoms with Gasteiger partial charge in [0.05, 0.1) is 23.3 Å². The highest BCUT2D eigenvalue weighted by atomic mass is 32.2. The number of hydrogen-bond acceptors (Lipinski definition) is 4. The van der Waals surface area contributed by atoms with Crippen LogP contribution in [0.5, 0.6) is 0 Å². The molecule has 1 unspecified atom stereocenters. The van der Waals surface area contributed by atoms with E-state index in [1.54, 1.807) is 30.3 Å². The molecule has 0 aliphatic carbocycles. The lowest BCUT2D eigenvalue weighted by Crippen LogP contribution is -2.29. The summed E-state index contributed by atoms with van der Waals surface area (Å²) in [5.74, 6) is 0.000344. The van der Waals surface area contributed by atoms with Crippen LogP contribution in [-0.2, 0) is 9.84 Å². The smallest absolute Gasteiger partial charge is 0.179 e. The molecular weight excluding hydrogens is 286 g/mol. The second-order valence-corrected chi connectivity index (χ2v) is 6.84. The molecule has 0 heterocycles. The first kappa shape index (κ1) is 15.7. The van der Waals surface area contributed by atoms with E-state index in [9.17, 15) is 13.5 Å². The number of rotatable bonds is 7. The first-order valence-corrected chi connectivity index (χ1v) is 8.46. The number of nitrogens with one attached hydrogen (secondary N) is 1. The summed E-state index contributed by atoms with van der Waals surface area (Å²) < 4.78 is 24.3. The quantitative estimate of drug-likeness (QED) is 0.818. The second kappa shape index (κ2) is 7.36. The molecule has 0 fully saturated rings. The van der Waals surface area contributed by atoms with Crippen molar-refractivity contribution in [3.63, 3.8) is 0 Å². The average molecular weight is 305 g/mol. The monoisotopic (exact) mass is 305 g/mol. The third-order valence-corrected chi connectivity index (χ3v) is 4.98. The predicted molar refractivity (Wildman–Crippen MR) is 82.8 cm³/mol. The molecule has 0 saturated carbocycles. The summed E-state index contributed by atoms with van der Waals surface area (Å²) >= 11 is 0. The molecule has 0 amide bonds. The fourth-order valence-corrected chi connectivity index (χ4v) is 3.28. The van der Waals surface area contributed by atoms with Gasteiger partial charge in [-0.1, -0.05) is 48.5 Å². The zero-order valence-electron chi connectivity index (χ0n) is 11.6. The van der Waals surface area contributed by atoms with Crippen molar-refractivity contribution in [3.8, 4) is 0 Å². The lowest BCUT2D eigenvalue weighted by atomic mass is 10.1. The first-order valence-electron chi connectivity index (χ1n) is 6.80. The minimum atomic E-state index is -3.29. The van der Waals surface area contributed by atoms with Gasteiger partial charge in [-0.15, -0.1) is 0 Å². The Bertz CT molecular complexity index is 642. The van der Waals surface area contributed by atoms with E-state index >= 15 is 0 Å². The molecule has 2 aromatic rings. The number of sulfone groups is 1. The van der Waals surface area contributed by atoms with Crippen LogP contribution in [0, 0.1) is 0 Å². The Hall–Kier alpha value is -1.69. The molecule has 2 rings (SSSR count). The minimum Gasteiger partial charge on any atom is -0.394 e. The molecule has 0 aliphatic rings. The van der Waals surface area contributed by atoms with E-state index in [0.29, 0.717) is 4.90 Å². The topological polar surface area (TPSA) is 66.4 Å². The first-order chi connectivity index (χ1) is 10.1. The van der Waals surface area contributed by atoms with E-state index in [0.717, 1.165) is 5.56 Å². The lowest BCUT2D eigenvalue weighted by molar-refractivity contribution is 0.246. The van der Waals surface area contributed by atoms with Crippen LogP contribution in [0.3, 0.4) is 0 Å². The molecule has 112 valence electrons. The molecule has 21 heavy (non-hydrogen) atoms. The van der Waals surface area contributed by atoms with Crippen molar-refractivity contribution in [2.75, 3.05) is 18.9 Å². The number of aliphatic hydroxyl groups excluding tert-OH is 1. The minimum absolute atomic E-state index is 0.000344. The van der Waals surface area contributed by atoms with Crippen LogP contribution in [0.4, 0.5) is 0 Å². The Balaban J connectivity index is 1.94. The van der Waals surface area contributed by atoms with E-state index in [4.69, 9.17) is 0 Å². The Morgan fingerprint density at radius 1 is 0.952 bits per heavy atom. The Labute approximate surface area is 125 Å². The summed E-state index contributed by atoms with van der Waals surface area (Å²) in [6.07, 6.45) is 0. The van der Waals surface area contributed by atoms with Gasteiger partial charge in [0.2, 0.25) is 0 Å². The fourth-order valence-electron chi connectivity index (χ4n) is 2.09. The highest BCUT2D eigenvalue weighted by molar-refractivity contribution is 7.91. The molecule has 0 saturated heterocycles. The highest BCUT2D eigenvalue weighted by Crippen LogP contribution is 2.13. The lowest BCUT2D eigenvalue weighted by Gasteiger charge is -2.16. The van der Waals surface area contributed by atoms with Crippen molar-refractivity contribution >= 4 is 9.84 Å². The van der Waals surface area contributed by atoms with Gasteiger partial charge in [0.25, 0.3) is 0 Å². The maximum absolute atomic E-state index is 12.1. The van der Waals surface area contributed by atoms with E-state index in [1.807, 2.05) is 30.3 Å². The van der Waals surface area contributed by atoms with Gasteiger partial charge in [0.15, 0.2) is 9.84 Å². The van der Waals surface area contributed by atoms with Crippen LogP contribution < -0.4 is 5.32 Å². The highest BCUT2D eigenvalue weighted by Gasteiger charge is 2.15. The van der Waals surface area contributed by atoms with Crippen molar-refractivity contribution in [3.05, 3.63) is 66.2 Å². The fraction of sp³-hybridized carbons (Fsp3) is 0.250. The van der Waals surface area contributed by atoms with Crippen molar-refractivity contribution in [2.24, 2.45) is 0 Å². The molecular formula is C16H19NO3S. The van der Waals surface area contributed by atoms with Crippen molar-refractivity contribution in [1.82, 2.24) is 5.32 Å². The summed E-state index contributed by atoms with van der Waals surface area (Å²) in [7, 11) is -3.29. The molecule has 0 radical (unpaired) electrons. The van der Waals surface area contributed by atoms with Crippen LogP contribution in [0.1, 0.15) is 11.6 Å². The molecule has 2 N–H and O–H groups in total. The van der Waals surface area contributed by atoms with Gasteiger partial charge in [-0.05, 0) is 17.7 Å². The van der Waals surface area contributed by atoms with Crippen LogP contribution in [0.25, 0.3) is 0 Å². The molecule has 0 aromatic heterocycles. The van der Waals surface area contributed by atoms with Gasteiger partial charge in [-0.25, -0.2) is 8.42 Å². The van der Waals surface area contributed by atoms with Crippen LogP contribution in [-0.4, -0.2) is 32.4 Å². The largest absolute Gasteiger partial charge is 0.394 e. The van der Waals surface area contributed by atoms with E-state index in [2.05, 4.69) is 5.32 Å². The second-order valence-electron chi connectivity index (χ2n) is 4.73. The summed E-state index contributed by atoms with van der Waals surface area (Å²) in [6, 6.07) is 17.6. The van der Waals surface area contributed by atoms with Crippen molar-refractivity contribution in [2.45, 2.75) is 10.9 Å². The normalized spacial score (nSPS) is 13.0. The Morgan fingerprint density at radius 2 is 1.52 bits per heavy atom. The van der Waals surface area contributed by atoms with Gasteiger partial charge in [-0.2, -0.15) is 0 Å². The van der Waals surface area contributed by atoms with Gasteiger partial charge >= 0.3 is 0 Å². The van der Waals surface area contributed by atoms with Crippen LogP contribution in [0.15, 0.2) is 65.6 Å². The number of hydrogen-bond donors (Lipinski definition) is 2. The third-order valence-electron chi connectivity index (χ3n) is 3.25. The zero-order chi connectivity index (χ0) is 15.1. The molecule has 0 aliphatic heterocycles. The molecule has 0 spiro atoms. The van der Waals surface area contributed by atoms with Crippen LogP contribution in [0.2, 0.25) is 0 Å². The molecule has 2 aromatic carbocycles. The summed E-state index contributed by atoms with van der Waals surface area (Å²) in [5.41, 5.74) is 0.942. The van der Waals surface area contributed by atoms with Gasteiger partial charge in [0, 0.05) is 6.54 Å². The summed E-state index contributed by atoms with van der Waals surface area (Å²) in [6.45, 7) is 0.215. The maximum atomic E-state index is 12.1. The Morgan fingerprint density at radius 3 is 2.10 bits per heavy atom. The van der Waals surface area contributed by atoms with Gasteiger partial charge < -0.3 is 10.4 Å². The standard InChI is InChI=1S/C16H19NO3S/c18-13-16(14-7-3-1-4-8-14)17-11-12-21(19,20)15-9-5-2-6-10-15/h1-10,16-18H,11-13H2. The molecule has 0 bridgehead atoms. The van der Waals surface area contributed by atoms with Crippen molar-refractivity contribution < 1.29 is 13.5 Å².